The van der Waals surface area contributed by atoms with Crippen molar-refractivity contribution >= 4 is 34.7 Å². The highest BCUT2D eigenvalue weighted by Crippen LogP contribution is 2.29. The third kappa shape index (κ3) is 7.39. The van der Waals surface area contributed by atoms with Crippen molar-refractivity contribution in [3.63, 3.8) is 0 Å². The van der Waals surface area contributed by atoms with Gasteiger partial charge in [0.2, 0.25) is 5.91 Å². The van der Waals surface area contributed by atoms with Crippen molar-refractivity contribution in [1.82, 2.24) is 5.43 Å². The van der Waals surface area contributed by atoms with E-state index in [-0.39, 0.29) is 12.0 Å². The maximum Gasteiger partial charge on any atom is 0.416 e. The van der Waals surface area contributed by atoms with Crippen molar-refractivity contribution in [3.8, 4) is 5.75 Å². The maximum absolute atomic E-state index is 12.7. The van der Waals surface area contributed by atoms with Gasteiger partial charge in [-0.15, -0.1) is 0 Å². The van der Waals surface area contributed by atoms with E-state index in [9.17, 15) is 18.0 Å². The van der Waals surface area contributed by atoms with Crippen molar-refractivity contribution in [2.24, 2.45) is 5.10 Å². The van der Waals surface area contributed by atoms with E-state index in [4.69, 9.17) is 4.74 Å². The number of hydrogen-bond acceptors (Lipinski definition) is 3. The molecule has 1 N–H and O–H groups in total. The molecular formula is C23H18F3IN2O2. The molecule has 3 aromatic carbocycles. The fraction of sp³-hybridized carbons (Fsp3) is 0.130. The molecule has 4 nitrogen and oxygen atoms in total. The number of rotatable bonds is 7. The van der Waals surface area contributed by atoms with E-state index in [0.29, 0.717) is 12.4 Å². The summed E-state index contributed by atoms with van der Waals surface area (Å²) in [5.41, 5.74) is 3.60. The van der Waals surface area contributed by atoms with Crippen LogP contribution in [0.1, 0.15) is 22.3 Å². The number of alkyl halides is 3. The van der Waals surface area contributed by atoms with Gasteiger partial charge in [0.05, 0.1) is 18.2 Å². The molecule has 0 aromatic heterocycles. The van der Waals surface area contributed by atoms with E-state index in [1.807, 2.05) is 24.3 Å². The molecule has 0 bridgehead atoms. The Kier molecular flexibility index (Phi) is 7.67. The second-order valence-corrected chi connectivity index (χ2v) is 7.90. The Hall–Kier alpha value is -2.88. The quantitative estimate of drug-likeness (QED) is 0.243. The number of halogens is 4. The van der Waals surface area contributed by atoms with Crippen LogP contribution in [0, 0.1) is 3.57 Å². The van der Waals surface area contributed by atoms with Crippen LogP contribution in [0.3, 0.4) is 0 Å². The monoisotopic (exact) mass is 538 g/mol. The molecule has 0 aliphatic heterocycles. The smallest absolute Gasteiger partial charge is 0.416 e. The Morgan fingerprint density at radius 3 is 2.39 bits per heavy atom. The molecular weight excluding hydrogens is 520 g/mol. The lowest BCUT2D eigenvalue weighted by atomic mass is 10.1. The van der Waals surface area contributed by atoms with E-state index >= 15 is 0 Å². The van der Waals surface area contributed by atoms with Gasteiger partial charge in [0, 0.05) is 3.57 Å². The van der Waals surface area contributed by atoms with Gasteiger partial charge in [0.25, 0.3) is 0 Å². The predicted octanol–water partition coefficient (Wildman–Crippen LogP) is 5.58. The number of nitrogens with zero attached hydrogens (tertiary/aromatic N) is 1. The second-order valence-electron chi connectivity index (χ2n) is 6.65. The van der Waals surface area contributed by atoms with E-state index in [1.165, 1.54) is 18.3 Å². The Labute approximate surface area is 191 Å². The van der Waals surface area contributed by atoms with Crippen LogP contribution in [0.25, 0.3) is 0 Å². The van der Waals surface area contributed by atoms with E-state index in [0.717, 1.165) is 26.8 Å². The van der Waals surface area contributed by atoms with E-state index in [2.05, 4.69) is 33.1 Å². The molecule has 0 aliphatic rings. The standard InChI is InChI=1S/C23H18F3IN2O2/c24-23(25,26)19-3-1-2-18(12-19)13-22(30)29-28-14-16-6-10-21(11-7-16)31-15-17-4-8-20(27)9-5-17/h1-12,14H,13,15H2,(H,29,30)/b28-14-. The van der Waals surface area contributed by atoms with E-state index < -0.39 is 17.6 Å². The van der Waals surface area contributed by atoms with Gasteiger partial charge in [-0.3, -0.25) is 4.79 Å². The van der Waals surface area contributed by atoms with Crippen LogP contribution < -0.4 is 10.2 Å². The number of carbonyl (C=O) groups is 1. The van der Waals surface area contributed by atoms with Gasteiger partial charge >= 0.3 is 6.18 Å². The van der Waals surface area contributed by atoms with Gasteiger partial charge in [-0.25, -0.2) is 5.43 Å². The third-order valence-electron chi connectivity index (χ3n) is 4.22. The molecule has 0 fully saturated rings. The van der Waals surface area contributed by atoms with Gasteiger partial charge in [0.15, 0.2) is 0 Å². The van der Waals surface area contributed by atoms with Crippen LogP contribution in [0.5, 0.6) is 5.75 Å². The molecule has 31 heavy (non-hydrogen) atoms. The number of amides is 1. The number of benzene rings is 3. The zero-order valence-corrected chi connectivity index (χ0v) is 18.4. The lowest BCUT2D eigenvalue weighted by molar-refractivity contribution is -0.137. The number of carbonyl (C=O) groups excluding carboxylic acids is 1. The van der Waals surface area contributed by atoms with Crippen LogP contribution in [-0.4, -0.2) is 12.1 Å². The largest absolute Gasteiger partial charge is 0.489 e. The van der Waals surface area contributed by atoms with Crippen LogP contribution in [0.2, 0.25) is 0 Å². The Morgan fingerprint density at radius 2 is 1.71 bits per heavy atom. The molecule has 3 rings (SSSR count). The Morgan fingerprint density at radius 1 is 1.00 bits per heavy atom. The van der Waals surface area contributed by atoms with Crippen molar-refractivity contribution < 1.29 is 22.7 Å². The molecule has 3 aromatic rings. The summed E-state index contributed by atoms with van der Waals surface area (Å²) in [6.07, 6.45) is -3.19. The van der Waals surface area contributed by atoms with Gasteiger partial charge in [-0.05, 0) is 81.7 Å². The van der Waals surface area contributed by atoms with Crippen LogP contribution in [0.15, 0.2) is 77.9 Å². The van der Waals surface area contributed by atoms with Crippen molar-refractivity contribution in [3.05, 3.63) is 98.6 Å². The maximum atomic E-state index is 12.7. The molecule has 0 spiro atoms. The third-order valence-corrected chi connectivity index (χ3v) is 4.94. The van der Waals surface area contributed by atoms with Crippen molar-refractivity contribution in [2.45, 2.75) is 19.2 Å². The minimum atomic E-state index is -4.44. The predicted molar refractivity (Wildman–Crippen MR) is 121 cm³/mol. The Bertz CT molecular complexity index is 1050. The SMILES string of the molecule is O=C(Cc1cccc(C(F)(F)F)c1)N/N=C\c1ccc(OCc2ccc(I)cc2)cc1. The van der Waals surface area contributed by atoms with Crippen LogP contribution in [-0.2, 0) is 24.0 Å². The first-order valence-corrected chi connectivity index (χ1v) is 10.3. The van der Waals surface area contributed by atoms with Crippen LogP contribution in [0.4, 0.5) is 13.2 Å². The highest BCUT2D eigenvalue weighted by Gasteiger charge is 2.30. The van der Waals surface area contributed by atoms with Gasteiger partial charge in [-0.1, -0.05) is 30.3 Å². The van der Waals surface area contributed by atoms with Crippen molar-refractivity contribution in [1.29, 1.82) is 0 Å². The van der Waals surface area contributed by atoms with E-state index in [1.54, 1.807) is 24.3 Å². The normalized spacial score (nSPS) is 11.5. The first kappa shape index (κ1) is 22.8. The molecule has 0 aliphatic carbocycles. The summed E-state index contributed by atoms with van der Waals surface area (Å²) >= 11 is 2.24. The van der Waals surface area contributed by atoms with Gasteiger partial charge in [-0.2, -0.15) is 18.3 Å². The molecule has 8 heteroatoms. The topological polar surface area (TPSA) is 50.7 Å². The molecule has 1 amide bonds. The molecule has 160 valence electrons. The van der Waals surface area contributed by atoms with Gasteiger partial charge in [0.1, 0.15) is 12.4 Å². The summed E-state index contributed by atoms with van der Waals surface area (Å²) in [4.78, 5) is 11.9. The summed E-state index contributed by atoms with van der Waals surface area (Å²) in [7, 11) is 0. The highest BCUT2D eigenvalue weighted by atomic mass is 127. The fourth-order valence-corrected chi connectivity index (χ4v) is 3.02. The lowest BCUT2D eigenvalue weighted by Crippen LogP contribution is -2.20. The minimum Gasteiger partial charge on any atom is -0.489 e. The number of hydrazone groups is 1. The fourth-order valence-electron chi connectivity index (χ4n) is 2.66. The molecule has 0 unspecified atom stereocenters. The number of hydrogen-bond donors (Lipinski definition) is 1. The average molecular weight is 538 g/mol. The Balaban J connectivity index is 1.48. The highest BCUT2D eigenvalue weighted by molar-refractivity contribution is 14.1. The summed E-state index contributed by atoms with van der Waals surface area (Å²) < 4.78 is 45.1. The number of nitrogens with one attached hydrogen (secondary N) is 1. The second kappa shape index (κ2) is 10.4. The minimum absolute atomic E-state index is 0.202. The number of ether oxygens (including phenoxy) is 1. The van der Waals surface area contributed by atoms with Gasteiger partial charge < -0.3 is 4.74 Å². The molecule has 0 saturated heterocycles. The molecule has 0 saturated carbocycles. The summed E-state index contributed by atoms with van der Waals surface area (Å²) in [6.45, 7) is 0.454. The summed E-state index contributed by atoms with van der Waals surface area (Å²) in [5, 5.41) is 3.85. The molecule has 0 atom stereocenters. The molecule has 0 heterocycles. The summed E-state index contributed by atoms with van der Waals surface area (Å²) in [6, 6.07) is 19.8. The lowest BCUT2D eigenvalue weighted by Gasteiger charge is -2.08. The van der Waals surface area contributed by atoms with Crippen LogP contribution >= 0.6 is 22.6 Å². The zero-order chi connectivity index (χ0) is 22.3. The summed E-state index contributed by atoms with van der Waals surface area (Å²) in [5.74, 6) is 0.192. The molecule has 0 radical (unpaired) electrons. The van der Waals surface area contributed by atoms with Crippen molar-refractivity contribution in [2.75, 3.05) is 0 Å². The first-order valence-electron chi connectivity index (χ1n) is 9.25. The zero-order valence-electron chi connectivity index (χ0n) is 16.2. The first-order chi connectivity index (χ1) is 14.8. The average Bonchev–Trinajstić information content (AvgIpc) is 2.74.